The fourth-order valence-electron chi connectivity index (χ4n) is 4.02. The first-order valence-corrected chi connectivity index (χ1v) is 11.3. The monoisotopic (exact) mass is 435 g/mol. The van der Waals surface area contributed by atoms with E-state index in [4.69, 9.17) is 0 Å². The van der Waals surface area contributed by atoms with Gasteiger partial charge in [-0.2, -0.15) is 0 Å². The van der Waals surface area contributed by atoms with Crippen molar-refractivity contribution in [1.82, 2.24) is 5.32 Å². The molecule has 5 heteroatoms. The van der Waals surface area contributed by atoms with E-state index >= 15 is 0 Å². The van der Waals surface area contributed by atoms with Gasteiger partial charge in [0.05, 0.1) is 0 Å². The Kier molecular flexibility index (Phi) is 8.40. The highest BCUT2D eigenvalue weighted by Gasteiger charge is 2.23. The minimum atomic E-state index is -0.414. The van der Waals surface area contributed by atoms with E-state index in [9.17, 15) is 9.59 Å². The van der Waals surface area contributed by atoms with Crippen LogP contribution in [0.2, 0.25) is 0 Å². The van der Waals surface area contributed by atoms with Crippen LogP contribution in [0.25, 0.3) is 5.57 Å². The summed E-state index contributed by atoms with van der Waals surface area (Å²) >= 11 is 0. The lowest BCUT2D eigenvalue weighted by Crippen LogP contribution is -2.39. The maximum atomic E-state index is 12.1. The molecule has 0 aliphatic heterocycles. The maximum Gasteiger partial charge on any atom is 0.253 e. The van der Waals surface area contributed by atoms with Crippen LogP contribution >= 0.6 is 0 Å². The van der Waals surface area contributed by atoms with E-state index in [1.54, 1.807) is 0 Å². The molecule has 32 heavy (non-hydrogen) atoms. The Morgan fingerprint density at radius 2 is 1.59 bits per heavy atom. The van der Waals surface area contributed by atoms with Crippen molar-refractivity contribution in [3.05, 3.63) is 97.8 Å². The van der Waals surface area contributed by atoms with Crippen molar-refractivity contribution in [1.29, 1.82) is 0 Å². The van der Waals surface area contributed by atoms with Gasteiger partial charge in [-0.05, 0) is 69.0 Å². The fraction of sp³-hybridized carbons (Fsp3) is 0.333. The van der Waals surface area contributed by atoms with Crippen LogP contribution in [0.3, 0.4) is 0 Å². The van der Waals surface area contributed by atoms with Gasteiger partial charge < -0.3 is 16.0 Å². The minimum Gasteiger partial charge on any atom is -0.380 e. The van der Waals surface area contributed by atoms with Crippen LogP contribution in [0.4, 0.5) is 11.4 Å². The van der Waals surface area contributed by atoms with E-state index in [0.29, 0.717) is 17.9 Å². The number of nitrogens with one attached hydrogen (secondary N) is 3. The molecule has 0 amide bonds. The van der Waals surface area contributed by atoms with Crippen LogP contribution in [0.15, 0.2) is 70.3 Å². The van der Waals surface area contributed by atoms with Crippen molar-refractivity contribution >= 4 is 16.9 Å². The SMILES string of the molecule is CNC.C[C@H](CC1=CCc2ccccc21)Nc1c(NCCCc2ccccc2)c(=O)c1=O.[HH].[HH]. The van der Waals surface area contributed by atoms with Crippen LogP contribution in [-0.4, -0.2) is 26.7 Å². The van der Waals surface area contributed by atoms with Crippen molar-refractivity contribution in [2.24, 2.45) is 0 Å². The van der Waals surface area contributed by atoms with Crippen molar-refractivity contribution < 1.29 is 2.85 Å². The predicted octanol–water partition coefficient (Wildman–Crippen LogP) is 4.49. The van der Waals surface area contributed by atoms with E-state index in [2.05, 4.69) is 65.3 Å². The molecule has 5 nitrogen and oxygen atoms in total. The standard InChI is InChI=1S/C25H26N2O2.C2H7N.2H2/c1-17(16-20-14-13-19-11-5-6-12-21(19)20)27-23-22(24(28)25(23)29)26-15-7-10-18-8-3-2-4-9-18;1-3-2;;/h2-6,8-9,11-12,14,17,26-27H,7,10,13,15-16H2,1H3;3H,1-2H3;2*1H/t17-;;;/m1.../s1. The lowest BCUT2D eigenvalue weighted by atomic mass is 10.00. The van der Waals surface area contributed by atoms with E-state index in [1.807, 2.05) is 32.3 Å². The summed E-state index contributed by atoms with van der Waals surface area (Å²) in [4.78, 5) is 24.1. The van der Waals surface area contributed by atoms with Gasteiger partial charge in [0, 0.05) is 15.4 Å². The normalized spacial score (nSPS) is 13.0. The summed E-state index contributed by atoms with van der Waals surface area (Å²) < 4.78 is 0. The molecule has 0 spiro atoms. The zero-order valence-corrected chi connectivity index (χ0v) is 19.2. The predicted molar refractivity (Wildman–Crippen MR) is 140 cm³/mol. The van der Waals surface area contributed by atoms with Crippen LogP contribution in [0.5, 0.6) is 0 Å². The summed E-state index contributed by atoms with van der Waals surface area (Å²) in [5.41, 5.74) is 5.28. The van der Waals surface area contributed by atoms with Crippen LogP contribution in [0, 0.1) is 0 Å². The van der Waals surface area contributed by atoms with Crippen molar-refractivity contribution in [2.45, 2.75) is 38.6 Å². The Hall–Kier alpha value is -3.18. The third kappa shape index (κ3) is 5.74. The summed E-state index contributed by atoms with van der Waals surface area (Å²) in [5.74, 6) is 0. The quantitative estimate of drug-likeness (QED) is 0.341. The third-order valence-corrected chi connectivity index (χ3v) is 5.55. The Balaban J connectivity index is 0.00000110. The zero-order valence-electron chi connectivity index (χ0n) is 19.2. The van der Waals surface area contributed by atoms with E-state index < -0.39 is 10.9 Å². The highest BCUT2D eigenvalue weighted by atomic mass is 16.2. The van der Waals surface area contributed by atoms with Gasteiger partial charge in [-0.15, -0.1) is 0 Å². The average molecular weight is 436 g/mol. The number of benzene rings is 2. The number of allylic oxidation sites excluding steroid dienone is 1. The van der Waals surface area contributed by atoms with Gasteiger partial charge in [-0.3, -0.25) is 9.59 Å². The Morgan fingerprint density at radius 3 is 2.34 bits per heavy atom. The summed E-state index contributed by atoms with van der Waals surface area (Å²) in [6, 6.07) is 18.8. The summed E-state index contributed by atoms with van der Waals surface area (Å²) in [6.07, 6.45) is 5.89. The smallest absolute Gasteiger partial charge is 0.253 e. The minimum absolute atomic E-state index is 0. The lowest BCUT2D eigenvalue weighted by molar-refractivity contribution is 0.818. The van der Waals surface area contributed by atoms with Gasteiger partial charge >= 0.3 is 0 Å². The molecule has 0 unspecified atom stereocenters. The molecule has 1 aliphatic rings. The molecule has 1 aliphatic carbocycles. The molecule has 172 valence electrons. The number of hydrogen-bond acceptors (Lipinski definition) is 5. The average Bonchev–Trinajstić information content (AvgIpc) is 3.21. The Bertz CT molecular complexity index is 1120. The summed E-state index contributed by atoms with van der Waals surface area (Å²) in [5, 5.41) is 9.19. The van der Waals surface area contributed by atoms with Gasteiger partial charge in [-0.25, -0.2) is 0 Å². The van der Waals surface area contributed by atoms with Crippen molar-refractivity contribution in [3.63, 3.8) is 0 Å². The highest BCUT2D eigenvalue weighted by Crippen LogP contribution is 2.31. The number of aryl methyl sites for hydroxylation is 1. The van der Waals surface area contributed by atoms with Gasteiger partial charge in [-0.1, -0.05) is 60.7 Å². The molecule has 3 aromatic carbocycles. The van der Waals surface area contributed by atoms with Crippen LogP contribution < -0.4 is 26.8 Å². The first kappa shape index (κ1) is 23.5. The molecule has 3 N–H and O–H groups in total. The molecule has 0 fully saturated rings. The number of hydrogen-bond donors (Lipinski definition) is 3. The molecule has 0 bridgehead atoms. The molecule has 0 saturated carbocycles. The first-order valence-electron chi connectivity index (χ1n) is 11.3. The largest absolute Gasteiger partial charge is 0.380 e. The van der Waals surface area contributed by atoms with Crippen molar-refractivity contribution in [3.8, 4) is 0 Å². The summed E-state index contributed by atoms with van der Waals surface area (Å²) in [6.45, 7) is 2.72. The second kappa shape index (κ2) is 11.4. The van der Waals surface area contributed by atoms with E-state index in [0.717, 1.165) is 25.7 Å². The van der Waals surface area contributed by atoms with Gasteiger partial charge in [0.15, 0.2) is 0 Å². The molecule has 0 saturated heterocycles. The van der Waals surface area contributed by atoms with Crippen molar-refractivity contribution in [2.75, 3.05) is 31.3 Å². The van der Waals surface area contributed by atoms with Crippen LogP contribution in [0.1, 0.15) is 39.3 Å². The highest BCUT2D eigenvalue weighted by molar-refractivity contribution is 5.76. The second-order valence-corrected chi connectivity index (χ2v) is 8.26. The number of fused-ring (bicyclic) bond motifs is 1. The fourth-order valence-corrected chi connectivity index (χ4v) is 4.02. The molecule has 0 radical (unpaired) electrons. The first-order chi connectivity index (χ1) is 15.5. The number of rotatable bonds is 9. The number of anilines is 2. The Morgan fingerprint density at radius 1 is 0.938 bits per heavy atom. The molecule has 4 rings (SSSR count). The molecular formula is C27H37N3O2. The van der Waals surface area contributed by atoms with Crippen LogP contribution in [-0.2, 0) is 12.8 Å². The summed E-state index contributed by atoms with van der Waals surface area (Å²) in [7, 11) is 3.75. The molecular weight excluding hydrogens is 398 g/mol. The molecule has 0 aromatic heterocycles. The molecule has 1 atom stereocenters. The third-order valence-electron chi connectivity index (χ3n) is 5.55. The van der Waals surface area contributed by atoms with Gasteiger partial charge in [0.1, 0.15) is 11.4 Å². The lowest BCUT2D eigenvalue weighted by Gasteiger charge is -2.20. The Labute approximate surface area is 193 Å². The maximum absolute atomic E-state index is 12.1. The topological polar surface area (TPSA) is 70.2 Å². The van der Waals surface area contributed by atoms with E-state index in [-0.39, 0.29) is 8.90 Å². The zero-order chi connectivity index (χ0) is 22.9. The van der Waals surface area contributed by atoms with Gasteiger partial charge in [0.2, 0.25) is 0 Å². The van der Waals surface area contributed by atoms with E-state index in [1.165, 1.54) is 22.3 Å². The molecule has 0 heterocycles. The molecule has 3 aromatic rings. The second-order valence-electron chi connectivity index (χ2n) is 8.26. The van der Waals surface area contributed by atoms with Gasteiger partial charge in [0.25, 0.3) is 10.9 Å².